The van der Waals surface area contributed by atoms with Crippen LogP contribution >= 0.6 is 0 Å². The zero-order valence-corrected chi connectivity index (χ0v) is 6.05. The van der Waals surface area contributed by atoms with Gasteiger partial charge in [-0.1, -0.05) is 0 Å². The first kappa shape index (κ1) is 6.99. The van der Waals surface area contributed by atoms with Crippen molar-refractivity contribution in [1.82, 2.24) is 4.90 Å². The Kier molecular flexibility index (Phi) is 1.75. The molecule has 0 amide bonds. The molecule has 0 radical (unpaired) electrons. The maximum atomic E-state index is 5.78. The van der Waals surface area contributed by atoms with Crippen molar-refractivity contribution in [3.8, 4) is 0 Å². The maximum Gasteiger partial charge on any atom is 0.130 e. The van der Waals surface area contributed by atoms with Gasteiger partial charge in [-0.3, -0.25) is 0 Å². The highest BCUT2D eigenvalue weighted by atomic mass is 16.5. The zero-order chi connectivity index (χ0) is 6.91. The number of methoxy groups -OCH3 is 1. The van der Waals surface area contributed by atoms with Gasteiger partial charge < -0.3 is 15.4 Å². The number of hydrogen-bond acceptors (Lipinski definition) is 3. The molecule has 54 valence electrons. The number of nitrogens with zero attached hydrogens (tertiary/aromatic N) is 1. The van der Waals surface area contributed by atoms with Crippen LogP contribution in [0.5, 0.6) is 0 Å². The van der Waals surface area contributed by atoms with Crippen LogP contribution in [-0.4, -0.2) is 37.9 Å². The summed E-state index contributed by atoms with van der Waals surface area (Å²) in [6.07, 6.45) is 0.944. The van der Waals surface area contributed by atoms with E-state index < -0.39 is 0 Å². The van der Waals surface area contributed by atoms with Crippen molar-refractivity contribution in [1.29, 1.82) is 0 Å². The summed E-state index contributed by atoms with van der Waals surface area (Å²) in [6.45, 7) is 1.90. The van der Waals surface area contributed by atoms with Crippen molar-refractivity contribution >= 4 is 0 Å². The van der Waals surface area contributed by atoms with Gasteiger partial charge in [-0.15, -0.1) is 0 Å². The van der Waals surface area contributed by atoms with Gasteiger partial charge in [0.1, 0.15) is 5.72 Å². The minimum atomic E-state index is -0.366. The molecule has 1 fully saturated rings. The first-order valence-electron chi connectivity index (χ1n) is 3.19. The second kappa shape index (κ2) is 2.25. The van der Waals surface area contributed by atoms with Crippen LogP contribution < -0.4 is 5.73 Å². The molecule has 1 rings (SSSR count). The molecule has 0 saturated carbocycles. The fourth-order valence-electron chi connectivity index (χ4n) is 1.16. The fourth-order valence-corrected chi connectivity index (χ4v) is 1.16. The van der Waals surface area contributed by atoms with Gasteiger partial charge >= 0.3 is 0 Å². The van der Waals surface area contributed by atoms with E-state index in [9.17, 15) is 0 Å². The van der Waals surface area contributed by atoms with Gasteiger partial charge in [0.2, 0.25) is 0 Å². The first-order chi connectivity index (χ1) is 4.16. The van der Waals surface area contributed by atoms with Gasteiger partial charge in [0.25, 0.3) is 0 Å². The molecule has 9 heavy (non-hydrogen) atoms. The van der Waals surface area contributed by atoms with Crippen LogP contribution in [0.15, 0.2) is 0 Å². The lowest BCUT2D eigenvalue weighted by Gasteiger charge is -2.20. The summed E-state index contributed by atoms with van der Waals surface area (Å²) < 4.78 is 5.11. The molecule has 2 N–H and O–H groups in total. The lowest BCUT2D eigenvalue weighted by Crippen LogP contribution is -2.43. The Bertz CT molecular complexity index is 107. The van der Waals surface area contributed by atoms with E-state index in [4.69, 9.17) is 10.5 Å². The van der Waals surface area contributed by atoms with E-state index in [-0.39, 0.29) is 5.72 Å². The first-order valence-corrected chi connectivity index (χ1v) is 3.19. The van der Waals surface area contributed by atoms with Gasteiger partial charge in [0.15, 0.2) is 0 Å². The molecule has 1 aliphatic heterocycles. The van der Waals surface area contributed by atoms with Crippen LogP contribution in [0.1, 0.15) is 6.42 Å². The molecule has 0 aromatic rings. The quantitative estimate of drug-likeness (QED) is 0.492. The number of ether oxygens (including phenoxy) is 1. The molecular formula is C6H14N2O. The lowest BCUT2D eigenvalue weighted by atomic mass is 10.2. The second-order valence-corrected chi connectivity index (χ2v) is 2.76. The van der Waals surface area contributed by atoms with Crippen LogP contribution in [0.4, 0.5) is 0 Å². The van der Waals surface area contributed by atoms with E-state index in [0.29, 0.717) is 0 Å². The number of likely N-dealkylation sites (tertiary alicyclic amines) is 1. The molecule has 0 spiro atoms. The average Bonchev–Trinajstić information content (AvgIpc) is 2.13. The van der Waals surface area contributed by atoms with Crippen molar-refractivity contribution in [2.45, 2.75) is 12.1 Å². The van der Waals surface area contributed by atoms with Crippen LogP contribution in [0.25, 0.3) is 0 Å². The number of rotatable bonds is 1. The van der Waals surface area contributed by atoms with Crippen LogP contribution in [-0.2, 0) is 4.74 Å². The molecule has 1 atom stereocenters. The summed E-state index contributed by atoms with van der Waals surface area (Å²) in [5, 5.41) is 0. The molecule has 1 aliphatic rings. The minimum Gasteiger partial charge on any atom is -0.363 e. The number of hydrogen-bond donors (Lipinski definition) is 1. The Labute approximate surface area is 55.8 Å². The second-order valence-electron chi connectivity index (χ2n) is 2.76. The molecule has 0 aromatic carbocycles. The highest BCUT2D eigenvalue weighted by Gasteiger charge is 2.31. The smallest absolute Gasteiger partial charge is 0.130 e. The average molecular weight is 130 g/mol. The van der Waals surface area contributed by atoms with Crippen molar-refractivity contribution in [3.05, 3.63) is 0 Å². The molecule has 1 saturated heterocycles. The van der Waals surface area contributed by atoms with Crippen LogP contribution in [0, 0.1) is 0 Å². The van der Waals surface area contributed by atoms with E-state index in [0.717, 1.165) is 19.5 Å². The van der Waals surface area contributed by atoms with Crippen LogP contribution in [0.3, 0.4) is 0 Å². The SMILES string of the molecule is COC1(N)CCN(C)C1. The van der Waals surface area contributed by atoms with E-state index in [2.05, 4.69) is 4.90 Å². The van der Waals surface area contributed by atoms with Crippen molar-refractivity contribution in [2.24, 2.45) is 5.73 Å². The molecule has 3 nitrogen and oxygen atoms in total. The summed E-state index contributed by atoms with van der Waals surface area (Å²) >= 11 is 0. The third-order valence-corrected chi connectivity index (χ3v) is 1.86. The van der Waals surface area contributed by atoms with Gasteiger partial charge in [0.05, 0.1) is 0 Å². The predicted octanol–water partition coefficient (Wildman–Crippen LogP) is -0.377. The molecule has 0 aliphatic carbocycles. The van der Waals surface area contributed by atoms with Gasteiger partial charge in [0, 0.05) is 26.6 Å². The van der Waals surface area contributed by atoms with E-state index in [1.165, 1.54) is 0 Å². The molecule has 1 heterocycles. The van der Waals surface area contributed by atoms with Gasteiger partial charge in [-0.2, -0.15) is 0 Å². The number of likely N-dealkylation sites (N-methyl/N-ethyl adjacent to an activating group) is 1. The third-order valence-electron chi connectivity index (χ3n) is 1.86. The van der Waals surface area contributed by atoms with Gasteiger partial charge in [-0.05, 0) is 7.05 Å². The Morgan fingerprint density at radius 1 is 1.67 bits per heavy atom. The van der Waals surface area contributed by atoms with E-state index >= 15 is 0 Å². The minimum absolute atomic E-state index is 0.366. The molecule has 0 bridgehead atoms. The topological polar surface area (TPSA) is 38.5 Å². The Morgan fingerprint density at radius 3 is 2.56 bits per heavy atom. The van der Waals surface area contributed by atoms with Crippen molar-refractivity contribution < 1.29 is 4.74 Å². The molecule has 1 unspecified atom stereocenters. The Hall–Kier alpha value is -0.120. The maximum absolute atomic E-state index is 5.78. The Morgan fingerprint density at radius 2 is 2.33 bits per heavy atom. The monoisotopic (exact) mass is 130 g/mol. The zero-order valence-electron chi connectivity index (χ0n) is 6.05. The van der Waals surface area contributed by atoms with Crippen molar-refractivity contribution in [3.63, 3.8) is 0 Å². The predicted molar refractivity (Wildman–Crippen MR) is 36.0 cm³/mol. The van der Waals surface area contributed by atoms with Gasteiger partial charge in [-0.25, -0.2) is 0 Å². The third kappa shape index (κ3) is 1.41. The normalized spacial score (nSPS) is 37.7. The van der Waals surface area contributed by atoms with Crippen LogP contribution in [0.2, 0.25) is 0 Å². The largest absolute Gasteiger partial charge is 0.363 e. The number of nitrogens with two attached hydrogens (primary N) is 1. The van der Waals surface area contributed by atoms with E-state index in [1.807, 2.05) is 7.05 Å². The van der Waals surface area contributed by atoms with Crippen molar-refractivity contribution in [2.75, 3.05) is 27.2 Å². The highest BCUT2D eigenvalue weighted by Crippen LogP contribution is 2.16. The summed E-state index contributed by atoms with van der Waals surface area (Å²) in [7, 11) is 3.72. The standard InChI is InChI=1S/C6H14N2O/c1-8-4-3-6(7,5-8)9-2/h3-5,7H2,1-2H3. The Balaban J connectivity index is 2.45. The molecule has 0 aromatic heterocycles. The van der Waals surface area contributed by atoms with E-state index in [1.54, 1.807) is 7.11 Å². The summed E-state index contributed by atoms with van der Waals surface area (Å²) in [4.78, 5) is 2.17. The lowest BCUT2D eigenvalue weighted by molar-refractivity contribution is 0.00585. The molecule has 3 heteroatoms. The summed E-state index contributed by atoms with van der Waals surface area (Å²) in [5.74, 6) is 0. The molecular weight excluding hydrogens is 116 g/mol. The highest BCUT2D eigenvalue weighted by molar-refractivity contribution is 4.84. The summed E-state index contributed by atoms with van der Waals surface area (Å²) in [6, 6.07) is 0. The fraction of sp³-hybridized carbons (Fsp3) is 1.00. The summed E-state index contributed by atoms with van der Waals surface area (Å²) in [5.41, 5.74) is 5.42.